The topological polar surface area (TPSA) is 81.1 Å². The molecule has 0 aliphatic carbocycles. The minimum absolute atomic E-state index is 0.296. The highest BCUT2D eigenvalue weighted by atomic mass is 16.4. The molecule has 0 spiro atoms. The van der Waals surface area contributed by atoms with Crippen LogP contribution in [0.2, 0.25) is 0 Å². The molecule has 0 aromatic rings. The molecule has 6 nitrogen and oxygen atoms in total. The first-order valence-corrected chi connectivity index (χ1v) is 5.02. The number of carboxylic acid groups (broad SMARTS) is 2. The van der Waals surface area contributed by atoms with Gasteiger partial charge >= 0.3 is 11.9 Å². The standard InChI is InChI=1S/C6H12N2.C4H6O4/c1-3-8-5-4-7(2)6-8;5-3(6)1-2-4(7)8/h4-5H,3,6H2,1-2H3;1-2H2,(H,5,6)(H,7,8). The molecule has 92 valence electrons. The number of nitrogens with zero attached hydrogens (tertiary/aromatic N) is 2. The Balaban J connectivity index is 0.000000281. The molecule has 1 heterocycles. The third-order valence-corrected chi connectivity index (χ3v) is 1.90. The molecule has 0 saturated carbocycles. The normalized spacial score (nSPS) is 13.4. The monoisotopic (exact) mass is 230 g/mol. The average Bonchev–Trinajstić information content (AvgIpc) is 2.62. The maximum Gasteiger partial charge on any atom is 0.303 e. The minimum atomic E-state index is -1.08. The van der Waals surface area contributed by atoms with E-state index < -0.39 is 11.9 Å². The van der Waals surface area contributed by atoms with Gasteiger partial charge in [-0.1, -0.05) is 0 Å². The lowest BCUT2D eigenvalue weighted by molar-refractivity contribution is -0.143. The van der Waals surface area contributed by atoms with Crippen LogP contribution in [0.5, 0.6) is 0 Å². The predicted octanol–water partition coefficient (Wildman–Crippen LogP) is 0.618. The highest BCUT2D eigenvalue weighted by Crippen LogP contribution is 2.00. The van der Waals surface area contributed by atoms with Crippen LogP contribution in [-0.2, 0) is 9.59 Å². The molecule has 0 aromatic heterocycles. The van der Waals surface area contributed by atoms with Crippen molar-refractivity contribution in [3.8, 4) is 0 Å². The molecule has 16 heavy (non-hydrogen) atoms. The van der Waals surface area contributed by atoms with Crippen LogP contribution in [0.4, 0.5) is 0 Å². The van der Waals surface area contributed by atoms with Crippen LogP contribution in [0.15, 0.2) is 12.4 Å². The summed E-state index contributed by atoms with van der Waals surface area (Å²) < 4.78 is 0. The van der Waals surface area contributed by atoms with E-state index in [1.807, 2.05) is 0 Å². The van der Waals surface area contributed by atoms with Crippen LogP contribution in [0.1, 0.15) is 19.8 Å². The highest BCUT2D eigenvalue weighted by molar-refractivity contribution is 5.75. The summed E-state index contributed by atoms with van der Waals surface area (Å²) in [7, 11) is 2.08. The van der Waals surface area contributed by atoms with E-state index in [1.54, 1.807) is 0 Å². The zero-order chi connectivity index (χ0) is 12.6. The summed E-state index contributed by atoms with van der Waals surface area (Å²) in [5.74, 6) is -2.15. The first kappa shape index (κ1) is 14.3. The summed E-state index contributed by atoms with van der Waals surface area (Å²) in [5.41, 5.74) is 0. The van der Waals surface area contributed by atoms with Crippen molar-refractivity contribution in [1.82, 2.24) is 9.80 Å². The SMILES string of the molecule is CCN1C=CN(C)C1.O=C(O)CCC(=O)O. The molecule has 1 aliphatic heterocycles. The van der Waals surface area contributed by atoms with Gasteiger partial charge in [0.25, 0.3) is 0 Å². The molecule has 0 bridgehead atoms. The van der Waals surface area contributed by atoms with E-state index in [1.165, 1.54) is 0 Å². The van der Waals surface area contributed by atoms with E-state index >= 15 is 0 Å². The second-order valence-corrected chi connectivity index (χ2v) is 3.39. The Kier molecular flexibility index (Phi) is 6.74. The van der Waals surface area contributed by atoms with Crippen molar-refractivity contribution in [2.24, 2.45) is 0 Å². The first-order valence-electron chi connectivity index (χ1n) is 5.02. The van der Waals surface area contributed by atoms with Crippen LogP contribution in [0, 0.1) is 0 Å². The predicted molar refractivity (Wildman–Crippen MR) is 58.7 cm³/mol. The molecule has 0 aromatic carbocycles. The summed E-state index contributed by atoms with van der Waals surface area (Å²) in [6, 6.07) is 0. The van der Waals surface area contributed by atoms with E-state index in [4.69, 9.17) is 10.2 Å². The van der Waals surface area contributed by atoms with Crippen LogP contribution in [0.25, 0.3) is 0 Å². The van der Waals surface area contributed by atoms with Gasteiger partial charge in [-0.15, -0.1) is 0 Å². The lowest BCUT2D eigenvalue weighted by atomic mass is 10.3. The van der Waals surface area contributed by atoms with Crippen molar-refractivity contribution in [2.45, 2.75) is 19.8 Å². The molecule has 2 N–H and O–H groups in total. The Bertz CT molecular complexity index is 252. The fraction of sp³-hybridized carbons (Fsp3) is 0.600. The van der Waals surface area contributed by atoms with Gasteiger partial charge in [-0.2, -0.15) is 0 Å². The van der Waals surface area contributed by atoms with Crippen LogP contribution in [0.3, 0.4) is 0 Å². The van der Waals surface area contributed by atoms with Gasteiger partial charge in [0.05, 0.1) is 19.5 Å². The smallest absolute Gasteiger partial charge is 0.303 e. The Labute approximate surface area is 94.8 Å². The Morgan fingerprint density at radius 1 is 1.19 bits per heavy atom. The lowest BCUT2D eigenvalue weighted by Gasteiger charge is -2.14. The molecular formula is C10H18N2O4. The molecule has 0 saturated heterocycles. The summed E-state index contributed by atoms with van der Waals surface area (Å²) in [4.78, 5) is 23.7. The number of hydrogen-bond donors (Lipinski definition) is 2. The number of rotatable bonds is 4. The summed E-state index contributed by atoms with van der Waals surface area (Å²) in [6.07, 6.45) is 3.61. The zero-order valence-electron chi connectivity index (χ0n) is 9.59. The second kappa shape index (κ2) is 7.56. The van der Waals surface area contributed by atoms with Crippen molar-refractivity contribution in [1.29, 1.82) is 0 Å². The van der Waals surface area contributed by atoms with E-state index in [-0.39, 0.29) is 12.8 Å². The largest absolute Gasteiger partial charge is 0.481 e. The summed E-state index contributed by atoms with van der Waals surface area (Å²) in [5, 5.41) is 15.8. The fourth-order valence-electron chi connectivity index (χ4n) is 1.01. The van der Waals surface area contributed by atoms with E-state index in [2.05, 4.69) is 36.2 Å². The van der Waals surface area contributed by atoms with Crippen molar-refractivity contribution in [3.05, 3.63) is 12.4 Å². The molecular weight excluding hydrogens is 212 g/mol. The van der Waals surface area contributed by atoms with Crippen molar-refractivity contribution < 1.29 is 19.8 Å². The van der Waals surface area contributed by atoms with Gasteiger partial charge < -0.3 is 20.0 Å². The average molecular weight is 230 g/mol. The Hall–Kier alpha value is -1.72. The second-order valence-electron chi connectivity index (χ2n) is 3.39. The fourth-order valence-corrected chi connectivity index (χ4v) is 1.01. The number of carboxylic acids is 2. The quantitative estimate of drug-likeness (QED) is 0.736. The van der Waals surface area contributed by atoms with Gasteiger partial charge in [0.1, 0.15) is 0 Å². The van der Waals surface area contributed by atoms with Crippen molar-refractivity contribution >= 4 is 11.9 Å². The van der Waals surface area contributed by atoms with Gasteiger partial charge in [0.2, 0.25) is 0 Å². The summed E-state index contributed by atoms with van der Waals surface area (Å²) in [6.45, 7) is 4.32. The lowest BCUT2D eigenvalue weighted by Crippen LogP contribution is -2.21. The van der Waals surface area contributed by atoms with Crippen LogP contribution >= 0.6 is 0 Å². The molecule has 1 aliphatic rings. The molecule has 6 heteroatoms. The molecule has 0 fully saturated rings. The third kappa shape index (κ3) is 7.66. The van der Waals surface area contributed by atoms with Crippen molar-refractivity contribution in [2.75, 3.05) is 20.3 Å². The van der Waals surface area contributed by atoms with E-state index in [0.29, 0.717) is 0 Å². The number of hydrogen-bond acceptors (Lipinski definition) is 4. The molecule has 1 rings (SSSR count). The van der Waals surface area contributed by atoms with E-state index in [9.17, 15) is 9.59 Å². The maximum absolute atomic E-state index is 9.64. The maximum atomic E-state index is 9.64. The molecule has 0 unspecified atom stereocenters. The van der Waals surface area contributed by atoms with E-state index in [0.717, 1.165) is 13.2 Å². The molecule has 0 atom stereocenters. The summed E-state index contributed by atoms with van der Waals surface area (Å²) >= 11 is 0. The molecule has 0 radical (unpaired) electrons. The van der Waals surface area contributed by atoms with Gasteiger partial charge in [0, 0.05) is 26.0 Å². The number of aliphatic carboxylic acids is 2. The van der Waals surface area contributed by atoms with Gasteiger partial charge in [-0.05, 0) is 6.92 Å². The zero-order valence-corrected chi connectivity index (χ0v) is 9.59. The first-order chi connectivity index (χ1) is 7.45. The Morgan fingerprint density at radius 3 is 1.88 bits per heavy atom. The van der Waals surface area contributed by atoms with Crippen molar-refractivity contribution in [3.63, 3.8) is 0 Å². The minimum Gasteiger partial charge on any atom is -0.481 e. The third-order valence-electron chi connectivity index (χ3n) is 1.90. The highest BCUT2D eigenvalue weighted by Gasteiger charge is 2.03. The van der Waals surface area contributed by atoms with Crippen LogP contribution in [-0.4, -0.2) is 52.2 Å². The van der Waals surface area contributed by atoms with Crippen LogP contribution < -0.4 is 0 Å². The van der Waals surface area contributed by atoms with Gasteiger partial charge in [0.15, 0.2) is 0 Å². The van der Waals surface area contributed by atoms with Gasteiger partial charge in [-0.3, -0.25) is 9.59 Å². The molecule has 0 amide bonds. The number of carbonyl (C=O) groups is 2. The van der Waals surface area contributed by atoms with Gasteiger partial charge in [-0.25, -0.2) is 0 Å². The Morgan fingerprint density at radius 2 is 1.69 bits per heavy atom.